The fraction of sp³-hybridized carbons (Fsp3) is 0.889. The van der Waals surface area contributed by atoms with Gasteiger partial charge >= 0.3 is 0 Å². The second kappa shape index (κ2) is 8.16. The van der Waals surface area contributed by atoms with Crippen LogP contribution in [0.3, 0.4) is 0 Å². The van der Waals surface area contributed by atoms with Crippen molar-refractivity contribution in [2.45, 2.75) is 32.3 Å². The molecule has 0 saturated heterocycles. The molecule has 0 fully saturated rings. The van der Waals surface area contributed by atoms with Gasteiger partial charge in [-0.1, -0.05) is 6.92 Å². The Bertz CT molecular complexity index is 136. The summed E-state index contributed by atoms with van der Waals surface area (Å²) in [6.07, 6.45) is 0.984. The Morgan fingerprint density at radius 2 is 2.23 bits per heavy atom. The Morgan fingerprint density at radius 1 is 1.54 bits per heavy atom. The summed E-state index contributed by atoms with van der Waals surface area (Å²) in [4.78, 5) is 10.8. The van der Waals surface area contributed by atoms with Crippen LogP contribution in [0.5, 0.6) is 0 Å². The van der Waals surface area contributed by atoms with Gasteiger partial charge in [-0.2, -0.15) is 0 Å². The van der Waals surface area contributed by atoms with Gasteiger partial charge in [0.05, 0.1) is 13.2 Å². The average molecular weight is 190 g/mol. The van der Waals surface area contributed by atoms with Crippen LogP contribution in [0.1, 0.15) is 26.2 Å². The highest BCUT2D eigenvalue weighted by Crippen LogP contribution is 1.95. The van der Waals surface area contributed by atoms with Crippen molar-refractivity contribution in [1.29, 1.82) is 0 Å². The van der Waals surface area contributed by atoms with Crippen molar-refractivity contribution < 1.29 is 19.7 Å². The van der Waals surface area contributed by atoms with Gasteiger partial charge in [-0.05, 0) is 6.42 Å². The second-order valence-corrected chi connectivity index (χ2v) is 2.91. The summed E-state index contributed by atoms with van der Waals surface area (Å²) in [5, 5.41) is 17.3. The fourth-order valence-electron chi connectivity index (χ4n) is 0.820. The fourth-order valence-corrected chi connectivity index (χ4v) is 0.820. The van der Waals surface area contributed by atoms with Gasteiger partial charge in [0.15, 0.2) is 0 Å². The SMILES string of the molecule is CCC(=O)CCCOCC(O)CO. The van der Waals surface area contributed by atoms with Gasteiger partial charge in [-0.15, -0.1) is 0 Å². The molecule has 0 aliphatic rings. The van der Waals surface area contributed by atoms with E-state index < -0.39 is 6.10 Å². The summed E-state index contributed by atoms with van der Waals surface area (Å²) in [6, 6.07) is 0. The summed E-state index contributed by atoms with van der Waals surface area (Å²) < 4.78 is 5.02. The van der Waals surface area contributed by atoms with Crippen molar-refractivity contribution in [1.82, 2.24) is 0 Å². The predicted octanol–water partition coefficient (Wildman–Crippen LogP) is 0.116. The molecule has 0 aliphatic heterocycles. The standard InChI is InChI=1S/C9H18O4/c1-2-8(11)4-3-5-13-7-9(12)6-10/h9-10,12H,2-7H2,1H3. The molecule has 0 spiro atoms. The van der Waals surface area contributed by atoms with Crippen molar-refractivity contribution in [3.8, 4) is 0 Å². The van der Waals surface area contributed by atoms with Crippen LogP contribution in [-0.2, 0) is 9.53 Å². The van der Waals surface area contributed by atoms with E-state index in [9.17, 15) is 4.79 Å². The van der Waals surface area contributed by atoms with E-state index in [1.807, 2.05) is 6.92 Å². The maximum Gasteiger partial charge on any atom is 0.132 e. The van der Waals surface area contributed by atoms with Crippen LogP contribution in [0.4, 0.5) is 0 Å². The summed E-state index contributed by atoms with van der Waals surface area (Å²) in [7, 11) is 0. The lowest BCUT2D eigenvalue weighted by Crippen LogP contribution is -2.19. The first-order valence-electron chi connectivity index (χ1n) is 4.59. The predicted molar refractivity (Wildman–Crippen MR) is 48.4 cm³/mol. The first-order chi connectivity index (χ1) is 6.20. The third-order valence-electron chi connectivity index (χ3n) is 1.66. The molecule has 0 amide bonds. The molecule has 0 aromatic heterocycles. The lowest BCUT2D eigenvalue weighted by molar-refractivity contribution is -0.119. The van der Waals surface area contributed by atoms with E-state index in [1.54, 1.807) is 0 Å². The van der Waals surface area contributed by atoms with Gasteiger partial charge in [0.2, 0.25) is 0 Å². The summed E-state index contributed by atoms with van der Waals surface area (Å²) in [5.41, 5.74) is 0. The van der Waals surface area contributed by atoms with Crippen molar-refractivity contribution in [2.24, 2.45) is 0 Å². The highest BCUT2D eigenvalue weighted by Gasteiger charge is 2.01. The molecule has 0 aromatic carbocycles. The summed E-state index contributed by atoms with van der Waals surface area (Å²) >= 11 is 0. The van der Waals surface area contributed by atoms with Crippen LogP contribution in [-0.4, -0.2) is 41.9 Å². The van der Waals surface area contributed by atoms with Crippen molar-refractivity contribution in [3.63, 3.8) is 0 Å². The zero-order valence-electron chi connectivity index (χ0n) is 8.03. The van der Waals surface area contributed by atoms with Gasteiger partial charge in [0.25, 0.3) is 0 Å². The van der Waals surface area contributed by atoms with Crippen LogP contribution in [0, 0.1) is 0 Å². The van der Waals surface area contributed by atoms with Crippen molar-refractivity contribution >= 4 is 5.78 Å². The number of hydrogen-bond donors (Lipinski definition) is 2. The average Bonchev–Trinajstić information content (AvgIpc) is 2.16. The number of rotatable bonds is 8. The highest BCUT2D eigenvalue weighted by molar-refractivity contribution is 5.77. The molecule has 1 unspecified atom stereocenters. The smallest absolute Gasteiger partial charge is 0.132 e. The molecule has 0 saturated carbocycles. The number of carbonyl (C=O) groups is 1. The number of ketones is 1. The number of ether oxygens (including phenoxy) is 1. The van der Waals surface area contributed by atoms with E-state index in [0.717, 1.165) is 0 Å². The molecular formula is C9H18O4. The zero-order chi connectivity index (χ0) is 10.1. The largest absolute Gasteiger partial charge is 0.394 e. The molecular weight excluding hydrogens is 172 g/mol. The Kier molecular flexibility index (Phi) is 7.88. The molecule has 1 atom stereocenters. The van der Waals surface area contributed by atoms with E-state index >= 15 is 0 Å². The van der Waals surface area contributed by atoms with Crippen molar-refractivity contribution in [3.05, 3.63) is 0 Å². The minimum atomic E-state index is -0.804. The molecule has 4 heteroatoms. The topological polar surface area (TPSA) is 66.8 Å². The monoisotopic (exact) mass is 190 g/mol. The quantitative estimate of drug-likeness (QED) is 0.533. The first kappa shape index (κ1) is 12.6. The van der Waals surface area contributed by atoms with Gasteiger partial charge in [0.1, 0.15) is 11.9 Å². The van der Waals surface area contributed by atoms with Crippen LogP contribution < -0.4 is 0 Å². The van der Waals surface area contributed by atoms with Crippen LogP contribution in [0.2, 0.25) is 0 Å². The molecule has 2 N–H and O–H groups in total. The lowest BCUT2D eigenvalue weighted by atomic mass is 10.2. The molecule has 0 aromatic rings. The number of carbonyl (C=O) groups excluding carboxylic acids is 1. The van der Waals surface area contributed by atoms with E-state index in [1.165, 1.54) is 0 Å². The van der Waals surface area contributed by atoms with E-state index in [0.29, 0.717) is 25.9 Å². The van der Waals surface area contributed by atoms with Crippen LogP contribution in [0.15, 0.2) is 0 Å². The van der Waals surface area contributed by atoms with Crippen LogP contribution in [0.25, 0.3) is 0 Å². The number of hydrogen-bond acceptors (Lipinski definition) is 4. The van der Waals surface area contributed by atoms with E-state index in [-0.39, 0.29) is 19.0 Å². The minimum absolute atomic E-state index is 0.136. The third kappa shape index (κ3) is 7.90. The third-order valence-corrected chi connectivity index (χ3v) is 1.66. The maximum atomic E-state index is 10.8. The minimum Gasteiger partial charge on any atom is -0.394 e. The Balaban J connectivity index is 3.12. The Labute approximate surface area is 78.5 Å². The number of aliphatic hydroxyl groups excluding tert-OH is 2. The Morgan fingerprint density at radius 3 is 2.77 bits per heavy atom. The molecule has 0 aliphatic carbocycles. The van der Waals surface area contributed by atoms with Crippen LogP contribution >= 0.6 is 0 Å². The first-order valence-corrected chi connectivity index (χ1v) is 4.59. The van der Waals surface area contributed by atoms with Gasteiger partial charge < -0.3 is 14.9 Å². The van der Waals surface area contributed by atoms with Gasteiger partial charge in [-0.3, -0.25) is 4.79 Å². The van der Waals surface area contributed by atoms with Gasteiger partial charge in [-0.25, -0.2) is 0 Å². The molecule has 0 radical (unpaired) electrons. The zero-order valence-corrected chi connectivity index (χ0v) is 8.03. The molecule has 78 valence electrons. The summed E-state index contributed by atoms with van der Waals surface area (Å²) in [5.74, 6) is 0.228. The molecule has 0 heterocycles. The van der Waals surface area contributed by atoms with E-state index in [4.69, 9.17) is 14.9 Å². The molecule has 4 nitrogen and oxygen atoms in total. The normalized spacial score (nSPS) is 12.8. The van der Waals surface area contributed by atoms with E-state index in [2.05, 4.69) is 0 Å². The number of aliphatic hydroxyl groups is 2. The lowest BCUT2D eigenvalue weighted by Gasteiger charge is -2.07. The number of Topliss-reactive ketones (excluding diaryl/α,β-unsaturated/α-hetero) is 1. The second-order valence-electron chi connectivity index (χ2n) is 2.91. The maximum absolute atomic E-state index is 10.8. The summed E-state index contributed by atoms with van der Waals surface area (Å²) in [6.45, 7) is 2.15. The highest BCUT2D eigenvalue weighted by atomic mass is 16.5. The molecule has 0 rings (SSSR count). The molecule has 13 heavy (non-hydrogen) atoms. The Hall–Kier alpha value is -0.450. The van der Waals surface area contributed by atoms with Gasteiger partial charge in [0, 0.05) is 19.4 Å². The molecule has 0 bridgehead atoms. The van der Waals surface area contributed by atoms with Crippen molar-refractivity contribution in [2.75, 3.05) is 19.8 Å².